The van der Waals surface area contributed by atoms with Gasteiger partial charge in [0.1, 0.15) is 0 Å². The van der Waals surface area contributed by atoms with Crippen LogP contribution in [0, 0.1) is 0 Å². The summed E-state index contributed by atoms with van der Waals surface area (Å²) in [6.07, 6.45) is -0.718. The summed E-state index contributed by atoms with van der Waals surface area (Å²) in [6.45, 7) is 0. The SMILES string of the molecule is O=C(O)CC(O)Cc1ccc(-c2ccsn2)cc1. The fourth-order valence-electron chi connectivity index (χ4n) is 1.72. The van der Waals surface area contributed by atoms with Gasteiger partial charge in [0.2, 0.25) is 0 Å². The number of nitrogens with zero attached hydrogens (tertiary/aromatic N) is 1. The van der Waals surface area contributed by atoms with Crippen LogP contribution in [0.15, 0.2) is 35.7 Å². The molecule has 1 aromatic heterocycles. The van der Waals surface area contributed by atoms with Crippen molar-refractivity contribution in [2.75, 3.05) is 0 Å². The normalized spacial score (nSPS) is 12.3. The lowest BCUT2D eigenvalue weighted by Gasteiger charge is -2.08. The predicted octanol–water partition coefficient (Wildman–Crippen LogP) is 2.19. The third-order valence-electron chi connectivity index (χ3n) is 2.57. The van der Waals surface area contributed by atoms with Crippen LogP contribution < -0.4 is 0 Å². The number of benzene rings is 1. The molecule has 5 heteroatoms. The van der Waals surface area contributed by atoms with E-state index in [1.54, 1.807) is 0 Å². The third-order valence-corrected chi connectivity index (χ3v) is 3.13. The van der Waals surface area contributed by atoms with Crippen LogP contribution in [0.5, 0.6) is 0 Å². The Hall–Kier alpha value is -1.72. The molecule has 18 heavy (non-hydrogen) atoms. The van der Waals surface area contributed by atoms with E-state index in [4.69, 9.17) is 5.11 Å². The number of aromatic nitrogens is 1. The molecule has 1 unspecified atom stereocenters. The Morgan fingerprint density at radius 2 is 2.00 bits per heavy atom. The van der Waals surface area contributed by atoms with Crippen molar-refractivity contribution in [1.82, 2.24) is 4.37 Å². The molecule has 1 heterocycles. The second kappa shape index (κ2) is 5.75. The number of carboxylic acids is 1. The highest BCUT2D eigenvalue weighted by molar-refractivity contribution is 7.03. The molecule has 2 N–H and O–H groups in total. The van der Waals surface area contributed by atoms with Gasteiger partial charge in [0.25, 0.3) is 0 Å². The number of hydrogen-bond donors (Lipinski definition) is 2. The second-order valence-corrected chi connectivity index (χ2v) is 4.70. The van der Waals surface area contributed by atoms with Gasteiger partial charge in [-0.1, -0.05) is 24.3 Å². The summed E-state index contributed by atoms with van der Waals surface area (Å²) < 4.78 is 4.23. The third kappa shape index (κ3) is 3.38. The maximum atomic E-state index is 10.4. The van der Waals surface area contributed by atoms with Crippen molar-refractivity contribution in [3.63, 3.8) is 0 Å². The zero-order valence-corrected chi connectivity index (χ0v) is 10.4. The van der Waals surface area contributed by atoms with E-state index in [0.717, 1.165) is 16.8 Å². The molecule has 0 saturated heterocycles. The van der Waals surface area contributed by atoms with Gasteiger partial charge in [-0.25, -0.2) is 0 Å². The lowest BCUT2D eigenvalue weighted by Crippen LogP contribution is -2.15. The van der Waals surface area contributed by atoms with Crippen molar-refractivity contribution >= 4 is 17.5 Å². The number of carbonyl (C=O) groups is 1. The fourth-order valence-corrected chi connectivity index (χ4v) is 2.25. The van der Waals surface area contributed by atoms with Gasteiger partial charge in [-0.3, -0.25) is 4.79 Å². The van der Waals surface area contributed by atoms with Crippen molar-refractivity contribution in [3.8, 4) is 11.3 Å². The first-order valence-corrected chi connectivity index (χ1v) is 6.38. The summed E-state index contributed by atoms with van der Waals surface area (Å²) in [5.74, 6) is -0.985. The predicted molar refractivity (Wildman–Crippen MR) is 69.5 cm³/mol. The summed E-state index contributed by atoms with van der Waals surface area (Å²) >= 11 is 1.40. The molecule has 0 fully saturated rings. The van der Waals surface area contributed by atoms with E-state index in [0.29, 0.717) is 6.42 Å². The van der Waals surface area contributed by atoms with Crippen molar-refractivity contribution in [1.29, 1.82) is 0 Å². The Morgan fingerprint density at radius 3 is 2.56 bits per heavy atom. The minimum Gasteiger partial charge on any atom is -0.481 e. The van der Waals surface area contributed by atoms with Gasteiger partial charge in [-0.2, -0.15) is 4.37 Å². The van der Waals surface area contributed by atoms with Crippen LogP contribution in [0.3, 0.4) is 0 Å². The van der Waals surface area contributed by atoms with E-state index in [2.05, 4.69) is 4.37 Å². The molecular weight excluding hydrogens is 250 g/mol. The summed E-state index contributed by atoms with van der Waals surface area (Å²) in [4.78, 5) is 10.4. The number of carboxylic acid groups (broad SMARTS) is 1. The molecule has 0 saturated carbocycles. The second-order valence-electron chi connectivity index (χ2n) is 4.04. The summed E-state index contributed by atoms with van der Waals surface area (Å²) in [7, 11) is 0. The average molecular weight is 263 g/mol. The molecule has 94 valence electrons. The first-order chi connectivity index (χ1) is 8.65. The summed E-state index contributed by atoms with van der Waals surface area (Å²) in [5.41, 5.74) is 2.87. The van der Waals surface area contributed by atoms with Crippen molar-refractivity contribution in [2.45, 2.75) is 18.9 Å². The van der Waals surface area contributed by atoms with Crippen LogP contribution in [0.25, 0.3) is 11.3 Å². The first-order valence-electron chi connectivity index (χ1n) is 5.54. The molecule has 0 amide bonds. The number of aliphatic carboxylic acids is 1. The number of rotatable bonds is 5. The number of hydrogen-bond acceptors (Lipinski definition) is 4. The molecule has 0 radical (unpaired) electrons. The monoisotopic (exact) mass is 263 g/mol. The highest BCUT2D eigenvalue weighted by Gasteiger charge is 2.10. The molecule has 0 bridgehead atoms. The van der Waals surface area contributed by atoms with E-state index in [1.165, 1.54) is 11.5 Å². The molecule has 1 aromatic carbocycles. The van der Waals surface area contributed by atoms with Crippen LogP contribution in [0.1, 0.15) is 12.0 Å². The smallest absolute Gasteiger partial charge is 0.305 e. The Bertz CT molecular complexity index is 508. The minimum absolute atomic E-state index is 0.228. The lowest BCUT2D eigenvalue weighted by atomic mass is 10.0. The van der Waals surface area contributed by atoms with Gasteiger partial charge in [-0.15, -0.1) is 0 Å². The Labute approximate surface area is 109 Å². The van der Waals surface area contributed by atoms with Crippen molar-refractivity contribution in [2.24, 2.45) is 0 Å². The molecule has 0 aliphatic rings. The minimum atomic E-state index is -0.985. The highest BCUT2D eigenvalue weighted by Crippen LogP contribution is 2.19. The molecule has 0 spiro atoms. The zero-order chi connectivity index (χ0) is 13.0. The van der Waals surface area contributed by atoms with Gasteiger partial charge in [-0.05, 0) is 29.6 Å². The van der Waals surface area contributed by atoms with Crippen LogP contribution >= 0.6 is 11.5 Å². The quantitative estimate of drug-likeness (QED) is 0.867. The average Bonchev–Trinajstić information content (AvgIpc) is 2.82. The zero-order valence-electron chi connectivity index (χ0n) is 9.61. The van der Waals surface area contributed by atoms with Gasteiger partial charge in [0, 0.05) is 10.9 Å². The summed E-state index contributed by atoms with van der Waals surface area (Å²) in [6, 6.07) is 9.58. The Balaban J connectivity index is 2.02. The number of aliphatic hydroxyl groups is 1. The summed E-state index contributed by atoms with van der Waals surface area (Å²) in [5, 5.41) is 20.0. The molecular formula is C13H13NO3S. The molecule has 1 atom stereocenters. The fraction of sp³-hybridized carbons (Fsp3) is 0.231. The van der Waals surface area contributed by atoms with E-state index in [1.807, 2.05) is 35.7 Å². The molecule has 2 rings (SSSR count). The van der Waals surface area contributed by atoms with Crippen LogP contribution in [-0.4, -0.2) is 26.7 Å². The van der Waals surface area contributed by atoms with Crippen LogP contribution in [-0.2, 0) is 11.2 Å². The van der Waals surface area contributed by atoms with Crippen LogP contribution in [0.2, 0.25) is 0 Å². The standard InChI is InChI=1S/C13H13NO3S/c15-11(8-13(16)17)7-9-1-3-10(4-2-9)12-5-6-18-14-12/h1-6,11,15H,7-8H2,(H,16,17). The Morgan fingerprint density at radius 1 is 1.28 bits per heavy atom. The molecule has 0 aliphatic carbocycles. The van der Waals surface area contributed by atoms with E-state index in [9.17, 15) is 9.90 Å². The van der Waals surface area contributed by atoms with Gasteiger partial charge >= 0.3 is 5.97 Å². The van der Waals surface area contributed by atoms with E-state index in [-0.39, 0.29) is 6.42 Å². The van der Waals surface area contributed by atoms with Gasteiger partial charge in [0.05, 0.1) is 18.2 Å². The van der Waals surface area contributed by atoms with Gasteiger partial charge < -0.3 is 10.2 Å². The Kier molecular flexibility index (Phi) is 4.07. The lowest BCUT2D eigenvalue weighted by molar-refractivity contribution is -0.139. The van der Waals surface area contributed by atoms with Gasteiger partial charge in [0.15, 0.2) is 0 Å². The molecule has 2 aromatic rings. The first kappa shape index (κ1) is 12.7. The topological polar surface area (TPSA) is 70.4 Å². The van der Waals surface area contributed by atoms with E-state index < -0.39 is 12.1 Å². The highest BCUT2D eigenvalue weighted by atomic mass is 32.1. The van der Waals surface area contributed by atoms with Crippen molar-refractivity contribution < 1.29 is 15.0 Å². The number of aliphatic hydroxyl groups excluding tert-OH is 1. The van der Waals surface area contributed by atoms with E-state index >= 15 is 0 Å². The largest absolute Gasteiger partial charge is 0.481 e. The van der Waals surface area contributed by atoms with Crippen LogP contribution in [0.4, 0.5) is 0 Å². The molecule has 0 aliphatic heterocycles. The maximum absolute atomic E-state index is 10.4. The maximum Gasteiger partial charge on any atom is 0.305 e. The van der Waals surface area contributed by atoms with Crippen molar-refractivity contribution in [3.05, 3.63) is 41.3 Å². The molecule has 4 nitrogen and oxygen atoms in total.